The van der Waals surface area contributed by atoms with Crippen LogP contribution in [0, 0.1) is 6.92 Å². The minimum atomic E-state index is 0.684. The zero-order chi connectivity index (χ0) is 22.1. The summed E-state index contributed by atoms with van der Waals surface area (Å²) in [5.41, 5.74) is 5.57. The van der Waals surface area contributed by atoms with E-state index in [0.29, 0.717) is 5.76 Å². The van der Waals surface area contributed by atoms with Crippen molar-refractivity contribution in [3.63, 3.8) is 0 Å². The number of oxazole rings is 2. The van der Waals surface area contributed by atoms with Gasteiger partial charge in [-0.25, -0.2) is 9.97 Å². The molecular formula is C23H28N6O2S. The largest absolute Gasteiger partial charge is 0.441 e. The Balaban J connectivity index is 1.14. The van der Waals surface area contributed by atoms with Crippen LogP contribution in [0.25, 0.3) is 22.7 Å². The zero-order valence-corrected chi connectivity index (χ0v) is 19.6. The summed E-state index contributed by atoms with van der Waals surface area (Å²) in [4.78, 5) is 11.3. The SMILES string of the molecule is CCc1nc2cc3c(cc2o1)CCN(CCCSc1nnc(-c2ocnc2C)n1C)CC3. The van der Waals surface area contributed by atoms with E-state index in [0.717, 1.165) is 84.7 Å². The molecule has 1 aliphatic heterocycles. The fraction of sp³-hybridized carbons (Fsp3) is 0.478. The number of hydrogen-bond donors (Lipinski definition) is 0. The summed E-state index contributed by atoms with van der Waals surface area (Å²) in [5.74, 6) is 3.23. The van der Waals surface area contributed by atoms with E-state index in [-0.39, 0.29) is 0 Å². The smallest absolute Gasteiger partial charge is 0.202 e. The van der Waals surface area contributed by atoms with Crippen LogP contribution in [0.1, 0.15) is 36.1 Å². The van der Waals surface area contributed by atoms with Crippen molar-refractivity contribution in [1.82, 2.24) is 29.6 Å². The van der Waals surface area contributed by atoms with Crippen LogP contribution in [0.4, 0.5) is 0 Å². The highest BCUT2D eigenvalue weighted by Gasteiger charge is 2.18. The third-order valence-corrected chi connectivity index (χ3v) is 7.19. The molecule has 1 aromatic carbocycles. The first kappa shape index (κ1) is 21.2. The quantitative estimate of drug-likeness (QED) is 0.306. The third kappa shape index (κ3) is 4.19. The van der Waals surface area contributed by atoms with Gasteiger partial charge >= 0.3 is 0 Å². The van der Waals surface area contributed by atoms with Crippen LogP contribution >= 0.6 is 11.8 Å². The van der Waals surface area contributed by atoms with Crippen molar-refractivity contribution in [2.45, 2.75) is 44.7 Å². The molecule has 0 N–H and O–H groups in total. The molecule has 0 saturated heterocycles. The molecule has 32 heavy (non-hydrogen) atoms. The molecule has 8 nitrogen and oxygen atoms in total. The molecule has 5 rings (SSSR count). The fourth-order valence-corrected chi connectivity index (χ4v) is 5.06. The van der Waals surface area contributed by atoms with Gasteiger partial charge in [-0.1, -0.05) is 18.7 Å². The highest BCUT2D eigenvalue weighted by molar-refractivity contribution is 7.99. The third-order valence-electron chi connectivity index (χ3n) is 6.08. The molecule has 0 radical (unpaired) electrons. The molecule has 0 atom stereocenters. The summed E-state index contributed by atoms with van der Waals surface area (Å²) in [6.45, 7) is 7.24. The highest BCUT2D eigenvalue weighted by atomic mass is 32.2. The Bertz CT molecular complexity index is 1180. The van der Waals surface area contributed by atoms with Crippen LogP contribution in [0.3, 0.4) is 0 Å². The van der Waals surface area contributed by atoms with Crippen LogP contribution < -0.4 is 0 Å². The number of hydrogen-bond acceptors (Lipinski definition) is 8. The Hall–Kier alpha value is -2.65. The number of fused-ring (bicyclic) bond motifs is 2. The van der Waals surface area contributed by atoms with Gasteiger partial charge in [0.05, 0.1) is 5.69 Å². The topological polar surface area (TPSA) is 86.0 Å². The number of benzene rings is 1. The molecule has 0 saturated carbocycles. The average molecular weight is 453 g/mol. The Morgan fingerprint density at radius 2 is 1.94 bits per heavy atom. The predicted molar refractivity (Wildman–Crippen MR) is 124 cm³/mol. The Morgan fingerprint density at radius 3 is 2.69 bits per heavy atom. The number of nitrogens with zero attached hydrogens (tertiary/aromatic N) is 6. The maximum absolute atomic E-state index is 5.86. The van der Waals surface area contributed by atoms with Gasteiger partial charge in [-0.3, -0.25) is 0 Å². The first-order valence-corrected chi connectivity index (χ1v) is 12.2. The summed E-state index contributed by atoms with van der Waals surface area (Å²) in [6, 6.07) is 4.44. The lowest BCUT2D eigenvalue weighted by atomic mass is 10.0. The van der Waals surface area contributed by atoms with Gasteiger partial charge in [0.25, 0.3) is 0 Å². The first-order valence-electron chi connectivity index (χ1n) is 11.2. The van der Waals surface area contributed by atoms with Gasteiger partial charge in [0.1, 0.15) is 5.52 Å². The predicted octanol–water partition coefficient (Wildman–Crippen LogP) is 4.07. The molecule has 0 bridgehead atoms. The summed E-state index contributed by atoms with van der Waals surface area (Å²) in [6.07, 6.45) is 5.51. The molecule has 0 spiro atoms. The maximum Gasteiger partial charge on any atom is 0.202 e. The maximum atomic E-state index is 5.86. The van der Waals surface area contributed by atoms with Crippen molar-refractivity contribution < 1.29 is 8.83 Å². The second kappa shape index (κ2) is 9.07. The van der Waals surface area contributed by atoms with Crippen LogP contribution in [0.2, 0.25) is 0 Å². The van der Waals surface area contributed by atoms with E-state index in [1.807, 2.05) is 18.5 Å². The van der Waals surface area contributed by atoms with Crippen molar-refractivity contribution in [3.05, 3.63) is 41.2 Å². The van der Waals surface area contributed by atoms with E-state index in [1.54, 1.807) is 11.8 Å². The minimum Gasteiger partial charge on any atom is -0.441 e. The highest BCUT2D eigenvalue weighted by Crippen LogP contribution is 2.26. The van der Waals surface area contributed by atoms with Gasteiger partial charge < -0.3 is 18.3 Å². The Morgan fingerprint density at radius 1 is 1.12 bits per heavy atom. The molecular weight excluding hydrogens is 424 g/mol. The van der Waals surface area contributed by atoms with Crippen molar-refractivity contribution in [2.75, 3.05) is 25.4 Å². The molecule has 4 aromatic rings. The Kier molecular flexibility index (Phi) is 6.01. The van der Waals surface area contributed by atoms with Crippen molar-refractivity contribution in [2.24, 2.45) is 7.05 Å². The van der Waals surface area contributed by atoms with Crippen molar-refractivity contribution in [1.29, 1.82) is 0 Å². The van der Waals surface area contributed by atoms with E-state index in [1.165, 1.54) is 17.5 Å². The standard InChI is InChI=1S/C23H28N6O2S/c1-4-20-25-18-12-16-6-9-29(10-7-17(16)13-19(18)31-20)8-5-11-32-23-27-26-22(28(23)3)21-15(2)24-14-30-21/h12-14H,4-11H2,1-3H3. The Labute approximate surface area is 191 Å². The number of rotatable bonds is 7. The lowest BCUT2D eigenvalue weighted by Gasteiger charge is -2.19. The summed E-state index contributed by atoms with van der Waals surface area (Å²) < 4.78 is 13.3. The molecule has 1 aliphatic rings. The second-order valence-corrected chi connectivity index (χ2v) is 9.29. The average Bonchev–Trinajstić information content (AvgIpc) is 3.46. The van der Waals surface area contributed by atoms with Gasteiger partial charge in [0.15, 0.2) is 28.8 Å². The normalized spacial score (nSPS) is 14.7. The molecule has 4 heterocycles. The zero-order valence-electron chi connectivity index (χ0n) is 18.8. The van der Waals surface area contributed by atoms with E-state index in [9.17, 15) is 0 Å². The van der Waals surface area contributed by atoms with Gasteiger partial charge in [0.2, 0.25) is 5.82 Å². The molecule has 168 valence electrons. The number of aromatic nitrogens is 5. The van der Waals surface area contributed by atoms with E-state index < -0.39 is 0 Å². The lowest BCUT2D eigenvalue weighted by Crippen LogP contribution is -2.27. The van der Waals surface area contributed by atoms with Gasteiger partial charge in [0, 0.05) is 32.3 Å². The van der Waals surface area contributed by atoms with Gasteiger partial charge in [-0.15, -0.1) is 10.2 Å². The molecule has 0 fully saturated rings. The van der Waals surface area contributed by atoms with Crippen LogP contribution in [0.15, 0.2) is 32.5 Å². The van der Waals surface area contributed by atoms with E-state index >= 15 is 0 Å². The first-order chi connectivity index (χ1) is 15.6. The lowest BCUT2D eigenvalue weighted by molar-refractivity contribution is 0.289. The van der Waals surface area contributed by atoms with Crippen LogP contribution in [-0.2, 0) is 26.3 Å². The minimum absolute atomic E-state index is 0.684. The van der Waals surface area contributed by atoms with Crippen molar-refractivity contribution in [3.8, 4) is 11.6 Å². The summed E-state index contributed by atoms with van der Waals surface area (Å²) >= 11 is 1.74. The summed E-state index contributed by atoms with van der Waals surface area (Å²) in [5, 5.41) is 9.52. The van der Waals surface area contributed by atoms with Crippen molar-refractivity contribution >= 4 is 22.9 Å². The fourth-order valence-electron chi connectivity index (χ4n) is 4.22. The van der Waals surface area contributed by atoms with Gasteiger partial charge in [-0.2, -0.15) is 0 Å². The monoisotopic (exact) mass is 452 g/mol. The van der Waals surface area contributed by atoms with E-state index in [2.05, 4.69) is 44.1 Å². The van der Waals surface area contributed by atoms with Crippen LogP contribution in [-0.4, -0.2) is 55.0 Å². The molecule has 9 heteroatoms. The van der Waals surface area contributed by atoms with Crippen LogP contribution in [0.5, 0.6) is 0 Å². The number of aryl methyl sites for hydroxylation is 2. The molecule has 0 unspecified atom stereocenters. The summed E-state index contributed by atoms with van der Waals surface area (Å²) in [7, 11) is 1.97. The number of thioether (sulfide) groups is 1. The molecule has 3 aromatic heterocycles. The molecule has 0 amide bonds. The van der Waals surface area contributed by atoms with Gasteiger partial charge in [-0.05, 0) is 56.0 Å². The van der Waals surface area contributed by atoms with E-state index in [4.69, 9.17) is 8.83 Å². The molecule has 0 aliphatic carbocycles. The second-order valence-electron chi connectivity index (χ2n) is 8.23.